The van der Waals surface area contributed by atoms with Crippen molar-refractivity contribution in [2.45, 2.75) is 31.7 Å². The Morgan fingerprint density at radius 2 is 2.00 bits per heavy atom. The van der Waals surface area contributed by atoms with Crippen LogP contribution in [0.25, 0.3) is 0 Å². The lowest BCUT2D eigenvalue weighted by atomic mass is 10.0. The fourth-order valence-electron chi connectivity index (χ4n) is 2.73. The molecule has 1 aliphatic rings. The van der Waals surface area contributed by atoms with Crippen molar-refractivity contribution in [3.63, 3.8) is 0 Å². The van der Waals surface area contributed by atoms with Gasteiger partial charge in [-0.15, -0.1) is 0 Å². The van der Waals surface area contributed by atoms with Crippen molar-refractivity contribution in [2.75, 3.05) is 20.2 Å². The molecule has 134 valence electrons. The number of hydrogen-bond donors (Lipinski definition) is 2. The highest BCUT2D eigenvalue weighted by atomic mass is 19.4. The average molecular weight is 346 g/mol. The van der Waals surface area contributed by atoms with Gasteiger partial charge in [0.25, 0.3) is 0 Å². The lowest BCUT2D eigenvalue weighted by Crippen LogP contribution is -2.45. The predicted molar refractivity (Wildman–Crippen MR) is 81.7 cm³/mol. The van der Waals surface area contributed by atoms with Crippen molar-refractivity contribution in [2.24, 2.45) is 5.92 Å². The zero-order valence-electron chi connectivity index (χ0n) is 13.5. The number of rotatable bonds is 4. The number of ether oxygens (including phenoxy) is 1. The summed E-state index contributed by atoms with van der Waals surface area (Å²) < 4.78 is 44.9. The summed E-state index contributed by atoms with van der Waals surface area (Å²) in [5, 5.41) is 11.6. The molecule has 5 nitrogen and oxygen atoms in total. The minimum atomic E-state index is -4.62. The van der Waals surface area contributed by atoms with Gasteiger partial charge in [0.15, 0.2) is 6.04 Å². The van der Waals surface area contributed by atoms with E-state index in [2.05, 4.69) is 5.32 Å². The van der Waals surface area contributed by atoms with Gasteiger partial charge in [-0.1, -0.05) is 12.1 Å². The maximum Gasteiger partial charge on any atom is 0.412 e. The van der Waals surface area contributed by atoms with Gasteiger partial charge in [-0.25, -0.2) is 4.79 Å². The number of carbonyl (C=O) groups is 1. The largest absolute Gasteiger partial charge is 0.497 e. The van der Waals surface area contributed by atoms with Crippen molar-refractivity contribution in [3.8, 4) is 5.75 Å². The Bertz CT molecular complexity index is 561. The fourth-order valence-corrected chi connectivity index (χ4v) is 2.73. The normalized spacial score (nSPS) is 20.6. The molecule has 8 heteroatoms. The molecule has 1 fully saturated rings. The molecule has 0 radical (unpaired) electrons. The number of carbonyl (C=O) groups excluding carboxylic acids is 1. The highest BCUT2D eigenvalue weighted by molar-refractivity contribution is 5.75. The molecule has 0 unspecified atom stereocenters. The van der Waals surface area contributed by atoms with Crippen molar-refractivity contribution in [1.29, 1.82) is 0 Å². The molecule has 24 heavy (non-hydrogen) atoms. The molecule has 1 heterocycles. The topological polar surface area (TPSA) is 61.8 Å². The van der Waals surface area contributed by atoms with Gasteiger partial charge < -0.3 is 20.1 Å². The molecule has 1 aliphatic heterocycles. The fraction of sp³-hybridized carbons (Fsp3) is 0.562. The monoisotopic (exact) mass is 346 g/mol. The standard InChI is InChI=1S/C16H21F3N2O3/c1-10(22)12-7-8-21(9-12)15(23)20-14(16(17,18)19)11-3-5-13(24-2)6-4-11/h3-6,10,12,14,22H,7-9H2,1-2H3,(H,20,23)/t10-,12+,14-/m0/s1. The van der Waals surface area contributed by atoms with E-state index in [1.54, 1.807) is 6.92 Å². The smallest absolute Gasteiger partial charge is 0.412 e. The lowest BCUT2D eigenvalue weighted by molar-refractivity contribution is -0.155. The summed E-state index contributed by atoms with van der Waals surface area (Å²) in [6.07, 6.45) is -4.64. The van der Waals surface area contributed by atoms with E-state index in [4.69, 9.17) is 4.74 Å². The number of alkyl halides is 3. The minimum Gasteiger partial charge on any atom is -0.497 e. The van der Waals surface area contributed by atoms with Crippen LogP contribution in [0.3, 0.4) is 0 Å². The molecular formula is C16H21F3N2O3. The van der Waals surface area contributed by atoms with Crippen molar-refractivity contribution < 1.29 is 27.8 Å². The first-order chi connectivity index (χ1) is 11.2. The molecule has 2 N–H and O–H groups in total. The molecule has 1 saturated heterocycles. The van der Waals surface area contributed by atoms with Gasteiger partial charge in [0.1, 0.15) is 5.75 Å². The molecule has 0 aliphatic carbocycles. The Balaban J connectivity index is 2.10. The zero-order chi connectivity index (χ0) is 17.9. The molecule has 1 aromatic rings. The molecular weight excluding hydrogens is 325 g/mol. The SMILES string of the molecule is COc1ccc([C@H](NC(=O)N2CC[C@@H]([C@H](C)O)C2)C(F)(F)F)cc1. The van der Waals surface area contributed by atoms with Crippen LogP contribution in [0.4, 0.5) is 18.0 Å². The number of nitrogens with one attached hydrogen (secondary N) is 1. The van der Waals surface area contributed by atoms with E-state index in [-0.39, 0.29) is 18.0 Å². The van der Waals surface area contributed by atoms with Crippen LogP contribution in [-0.2, 0) is 0 Å². The Hall–Kier alpha value is -1.96. The van der Waals surface area contributed by atoms with Crippen molar-refractivity contribution in [1.82, 2.24) is 10.2 Å². The van der Waals surface area contributed by atoms with Gasteiger partial charge in [0.05, 0.1) is 13.2 Å². The molecule has 0 spiro atoms. The van der Waals surface area contributed by atoms with Crippen LogP contribution in [-0.4, -0.2) is 48.5 Å². The number of urea groups is 1. The lowest BCUT2D eigenvalue weighted by Gasteiger charge is -2.26. The number of halogens is 3. The second-order valence-corrected chi connectivity index (χ2v) is 5.93. The molecule has 2 amide bonds. The van der Waals surface area contributed by atoms with Gasteiger partial charge in [-0.3, -0.25) is 0 Å². The van der Waals surface area contributed by atoms with Gasteiger partial charge >= 0.3 is 12.2 Å². The second kappa shape index (κ2) is 7.29. The summed E-state index contributed by atoms with van der Waals surface area (Å²) in [5.41, 5.74) is -0.0667. The second-order valence-electron chi connectivity index (χ2n) is 5.93. The number of nitrogens with zero attached hydrogens (tertiary/aromatic N) is 1. The third-order valence-electron chi connectivity index (χ3n) is 4.24. The van der Waals surface area contributed by atoms with Crippen LogP contribution in [0, 0.1) is 5.92 Å². The number of aliphatic hydroxyl groups excluding tert-OH is 1. The number of aliphatic hydroxyl groups is 1. The summed E-state index contributed by atoms with van der Waals surface area (Å²) in [7, 11) is 1.42. The van der Waals surface area contributed by atoms with Crippen molar-refractivity contribution in [3.05, 3.63) is 29.8 Å². The predicted octanol–water partition coefficient (Wildman–Crippen LogP) is 2.71. The highest BCUT2D eigenvalue weighted by Crippen LogP contribution is 2.34. The first-order valence-electron chi connectivity index (χ1n) is 7.66. The molecule has 3 atom stereocenters. The Morgan fingerprint density at radius 1 is 1.38 bits per heavy atom. The number of benzene rings is 1. The summed E-state index contributed by atoms with van der Waals surface area (Å²) in [4.78, 5) is 13.5. The maximum absolute atomic E-state index is 13.3. The van der Waals surface area contributed by atoms with E-state index in [0.29, 0.717) is 18.7 Å². The van der Waals surface area contributed by atoms with Crippen LogP contribution in [0.2, 0.25) is 0 Å². The van der Waals surface area contributed by atoms with E-state index in [0.717, 1.165) is 0 Å². The van der Waals surface area contributed by atoms with Gasteiger partial charge in [0, 0.05) is 19.0 Å². The Labute approximate surface area is 138 Å². The third-order valence-corrected chi connectivity index (χ3v) is 4.24. The van der Waals surface area contributed by atoms with Crippen LogP contribution >= 0.6 is 0 Å². The number of methoxy groups -OCH3 is 1. The molecule has 0 bridgehead atoms. The van der Waals surface area contributed by atoms with Gasteiger partial charge in [-0.2, -0.15) is 13.2 Å². The van der Waals surface area contributed by atoms with Gasteiger partial charge in [-0.05, 0) is 31.0 Å². The average Bonchev–Trinajstić information content (AvgIpc) is 3.02. The quantitative estimate of drug-likeness (QED) is 0.881. The minimum absolute atomic E-state index is 0.0667. The summed E-state index contributed by atoms with van der Waals surface area (Å²) >= 11 is 0. The summed E-state index contributed by atoms with van der Waals surface area (Å²) in [6.45, 7) is 2.19. The summed E-state index contributed by atoms with van der Waals surface area (Å²) in [5.74, 6) is 0.325. The van der Waals surface area contributed by atoms with Crippen LogP contribution in [0.15, 0.2) is 24.3 Å². The van der Waals surface area contributed by atoms with E-state index in [1.807, 2.05) is 0 Å². The molecule has 2 rings (SSSR count). The van der Waals surface area contributed by atoms with E-state index in [1.165, 1.54) is 36.3 Å². The summed E-state index contributed by atoms with van der Waals surface area (Å²) in [6, 6.07) is 2.51. The zero-order valence-corrected chi connectivity index (χ0v) is 13.5. The first-order valence-corrected chi connectivity index (χ1v) is 7.66. The molecule has 0 saturated carbocycles. The highest BCUT2D eigenvalue weighted by Gasteiger charge is 2.43. The maximum atomic E-state index is 13.3. The number of amides is 2. The van der Waals surface area contributed by atoms with Crippen LogP contribution in [0.1, 0.15) is 24.9 Å². The number of likely N-dealkylation sites (tertiary alicyclic amines) is 1. The Morgan fingerprint density at radius 3 is 2.46 bits per heavy atom. The van der Waals surface area contributed by atoms with Gasteiger partial charge in [0.2, 0.25) is 0 Å². The first kappa shape index (κ1) is 18.4. The van der Waals surface area contributed by atoms with Crippen LogP contribution < -0.4 is 10.1 Å². The van der Waals surface area contributed by atoms with E-state index in [9.17, 15) is 23.1 Å². The number of hydrogen-bond acceptors (Lipinski definition) is 3. The van der Waals surface area contributed by atoms with E-state index < -0.39 is 24.4 Å². The van der Waals surface area contributed by atoms with Crippen molar-refractivity contribution >= 4 is 6.03 Å². The van der Waals surface area contributed by atoms with E-state index >= 15 is 0 Å². The Kier molecular flexibility index (Phi) is 5.58. The molecule has 1 aromatic carbocycles. The van der Waals surface area contributed by atoms with Crippen LogP contribution in [0.5, 0.6) is 5.75 Å². The molecule has 0 aromatic heterocycles. The third kappa shape index (κ3) is 4.31.